The Morgan fingerprint density at radius 1 is 0.981 bits per heavy atom. The molecular weight excluding hydrogens is 710 g/mol. The number of Topliss-reactive ketones (excluding diaryl/α,β-unsaturated/α-hetero) is 1. The molecule has 4 aromatic rings. The SMILES string of the molecule is COc1nc(O[C@H]2CCc3c(-c4cccc(-c5cc(F)c(CNC[C@@H]6CCC(=O)C6)c(OC)n5)c4Cl)cccc32)c(Cl)cc1CN1CC(C(=O)O)C1. The van der Waals surface area contributed by atoms with Crippen LogP contribution < -0.4 is 19.5 Å². The molecular formula is C39H39Cl2FN4O6. The lowest BCUT2D eigenvalue weighted by Crippen LogP contribution is -2.49. The van der Waals surface area contributed by atoms with Crippen LogP contribution in [0.5, 0.6) is 17.6 Å². The summed E-state index contributed by atoms with van der Waals surface area (Å²) in [5.74, 6) is -0.271. The number of carboxylic acid groups (broad SMARTS) is 1. The van der Waals surface area contributed by atoms with Crippen molar-refractivity contribution < 1.29 is 33.3 Å². The molecule has 0 bridgehead atoms. The molecule has 13 heteroatoms. The van der Waals surface area contributed by atoms with E-state index in [9.17, 15) is 14.7 Å². The van der Waals surface area contributed by atoms with Gasteiger partial charge in [0.25, 0.3) is 0 Å². The van der Waals surface area contributed by atoms with E-state index in [0.29, 0.717) is 78.2 Å². The van der Waals surface area contributed by atoms with Gasteiger partial charge in [0.2, 0.25) is 17.6 Å². The first-order valence-corrected chi connectivity index (χ1v) is 18.1. The number of halogens is 3. The van der Waals surface area contributed by atoms with E-state index in [-0.39, 0.29) is 42.0 Å². The fraction of sp³-hybridized carbons (Fsp3) is 0.385. The number of nitrogens with one attached hydrogen (secondary N) is 1. The van der Waals surface area contributed by atoms with Crippen molar-refractivity contribution in [2.75, 3.05) is 33.9 Å². The van der Waals surface area contributed by atoms with Gasteiger partial charge in [-0.1, -0.05) is 59.6 Å². The number of aliphatic carboxylic acids is 1. The first-order chi connectivity index (χ1) is 25.1. The standard InChI is InChI=1S/C39H39Cl2FN4O6/c1-50-36-22(18-46-19-23(20-46)39(48)49)14-31(40)38(45-36)52-34-12-11-26-25(5-3-6-27(26)34)28-7-4-8-29(35(28)41)33-15-32(42)30(37(44-33)51-2)17-43-16-21-9-10-24(47)13-21/h3-8,14-15,21,23,34,43H,9-13,16-20H2,1-2H3,(H,48,49)/t21-,34+/m1/s1. The minimum atomic E-state index is -0.795. The predicted molar refractivity (Wildman–Crippen MR) is 195 cm³/mol. The highest BCUT2D eigenvalue weighted by molar-refractivity contribution is 6.36. The van der Waals surface area contributed by atoms with Gasteiger partial charge in [0, 0.05) is 61.8 Å². The molecule has 272 valence electrons. The largest absolute Gasteiger partial charge is 0.481 e. The van der Waals surface area contributed by atoms with Crippen molar-refractivity contribution in [2.24, 2.45) is 11.8 Å². The van der Waals surface area contributed by atoms with Gasteiger partial charge in [-0.25, -0.2) is 9.37 Å². The number of ether oxygens (including phenoxy) is 3. The molecule has 2 N–H and O–H groups in total. The van der Waals surface area contributed by atoms with E-state index in [1.165, 1.54) is 20.3 Å². The Balaban J connectivity index is 1.10. The van der Waals surface area contributed by atoms with Crippen molar-refractivity contribution in [3.8, 4) is 40.0 Å². The lowest BCUT2D eigenvalue weighted by Gasteiger charge is -2.36. The number of likely N-dealkylation sites (tertiary alicyclic amines) is 1. The summed E-state index contributed by atoms with van der Waals surface area (Å²) >= 11 is 13.8. The predicted octanol–water partition coefficient (Wildman–Crippen LogP) is 7.32. The van der Waals surface area contributed by atoms with Crippen molar-refractivity contribution in [1.82, 2.24) is 20.2 Å². The minimum Gasteiger partial charge on any atom is -0.481 e. The number of carbonyl (C=O) groups is 2. The molecule has 0 unspecified atom stereocenters. The summed E-state index contributed by atoms with van der Waals surface area (Å²) in [7, 11) is 3.00. The third kappa shape index (κ3) is 7.32. The van der Waals surface area contributed by atoms with E-state index < -0.39 is 11.8 Å². The van der Waals surface area contributed by atoms with Crippen LogP contribution in [0.2, 0.25) is 10.0 Å². The van der Waals surface area contributed by atoms with E-state index in [0.717, 1.165) is 40.7 Å². The van der Waals surface area contributed by atoms with Gasteiger partial charge in [-0.05, 0) is 54.5 Å². The molecule has 1 aliphatic heterocycles. The number of hydrogen-bond acceptors (Lipinski definition) is 9. The number of hydrogen-bond donors (Lipinski definition) is 2. The monoisotopic (exact) mass is 748 g/mol. The molecule has 0 radical (unpaired) electrons. The molecule has 2 atom stereocenters. The summed E-state index contributed by atoms with van der Waals surface area (Å²) in [5.41, 5.74) is 5.80. The molecule has 2 aliphatic carbocycles. The molecule has 1 saturated heterocycles. The maximum Gasteiger partial charge on any atom is 0.309 e. The van der Waals surface area contributed by atoms with Crippen LogP contribution in [0.4, 0.5) is 4.39 Å². The number of methoxy groups -OCH3 is 2. The molecule has 2 aromatic carbocycles. The average Bonchev–Trinajstić information content (AvgIpc) is 3.73. The third-order valence-electron chi connectivity index (χ3n) is 10.2. The second-order valence-corrected chi connectivity index (χ2v) is 14.4. The minimum absolute atomic E-state index is 0.177. The lowest BCUT2D eigenvalue weighted by molar-refractivity contribution is -0.147. The van der Waals surface area contributed by atoms with E-state index in [1.54, 1.807) is 6.07 Å². The van der Waals surface area contributed by atoms with Gasteiger partial charge < -0.3 is 24.6 Å². The number of carboxylic acids is 1. The van der Waals surface area contributed by atoms with Crippen molar-refractivity contribution in [2.45, 2.75) is 51.3 Å². The summed E-state index contributed by atoms with van der Waals surface area (Å²) in [6.07, 6.45) is 3.11. The number of pyridine rings is 2. The average molecular weight is 750 g/mol. The van der Waals surface area contributed by atoms with Gasteiger partial charge in [0.15, 0.2) is 0 Å². The smallest absolute Gasteiger partial charge is 0.309 e. The van der Waals surface area contributed by atoms with Gasteiger partial charge in [0.05, 0.1) is 36.4 Å². The van der Waals surface area contributed by atoms with Crippen molar-refractivity contribution in [3.05, 3.63) is 86.6 Å². The molecule has 0 spiro atoms. The normalized spacial score (nSPS) is 18.7. The number of ketones is 1. The van der Waals surface area contributed by atoms with Crippen LogP contribution in [0.15, 0.2) is 48.5 Å². The molecule has 0 amide bonds. The lowest BCUT2D eigenvalue weighted by atomic mass is 9.94. The van der Waals surface area contributed by atoms with Crippen LogP contribution >= 0.6 is 23.2 Å². The zero-order valence-corrected chi connectivity index (χ0v) is 30.4. The summed E-state index contributed by atoms with van der Waals surface area (Å²) in [5, 5.41) is 13.3. The number of aromatic nitrogens is 2. The fourth-order valence-corrected chi connectivity index (χ4v) is 8.02. The Labute approximate surface area is 311 Å². The van der Waals surface area contributed by atoms with Gasteiger partial charge in [-0.3, -0.25) is 14.5 Å². The first kappa shape index (κ1) is 36.1. The van der Waals surface area contributed by atoms with E-state index in [4.69, 9.17) is 37.4 Å². The summed E-state index contributed by atoms with van der Waals surface area (Å²) in [4.78, 5) is 34.1. The van der Waals surface area contributed by atoms with Crippen molar-refractivity contribution >= 4 is 35.0 Å². The Bertz CT molecular complexity index is 2020. The number of nitrogens with zero attached hydrogens (tertiary/aromatic N) is 3. The third-order valence-corrected chi connectivity index (χ3v) is 10.9. The van der Waals surface area contributed by atoms with Crippen LogP contribution in [-0.4, -0.2) is 65.6 Å². The Morgan fingerprint density at radius 3 is 2.46 bits per heavy atom. The molecule has 2 aromatic heterocycles. The number of rotatable bonds is 13. The van der Waals surface area contributed by atoms with E-state index in [2.05, 4.69) is 15.3 Å². The second kappa shape index (κ2) is 15.4. The zero-order chi connectivity index (χ0) is 36.5. The Morgan fingerprint density at radius 2 is 1.73 bits per heavy atom. The molecule has 1 saturated carbocycles. The van der Waals surface area contributed by atoms with Crippen LogP contribution in [0, 0.1) is 17.7 Å². The molecule has 7 rings (SSSR count). The molecule has 52 heavy (non-hydrogen) atoms. The van der Waals surface area contributed by atoms with Crippen molar-refractivity contribution in [1.29, 1.82) is 0 Å². The zero-order valence-electron chi connectivity index (χ0n) is 28.9. The Kier molecular flexibility index (Phi) is 10.7. The maximum absolute atomic E-state index is 15.6. The second-order valence-electron chi connectivity index (χ2n) is 13.6. The molecule has 2 fully saturated rings. The van der Waals surface area contributed by atoms with Gasteiger partial charge in [-0.15, -0.1) is 0 Å². The summed E-state index contributed by atoms with van der Waals surface area (Å²) in [6, 6.07) is 14.8. The summed E-state index contributed by atoms with van der Waals surface area (Å²) in [6.45, 7) is 2.24. The van der Waals surface area contributed by atoms with Crippen LogP contribution in [-0.2, 0) is 29.1 Å². The van der Waals surface area contributed by atoms with E-state index in [1.807, 2.05) is 41.3 Å². The maximum atomic E-state index is 15.6. The van der Waals surface area contributed by atoms with Crippen LogP contribution in [0.25, 0.3) is 22.4 Å². The van der Waals surface area contributed by atoms with Crippen molar-refractivity contribution in [3.63, 3.8) is 0 Å². The van der Waals surface area contributed by atoms with E-state index >= 15 is 4.39 Å². The van der Waals surface area contributed by atoms with Gasteiger partial charge in [0.1, 0.15) is 22.7 Å². The highest BCUT2D eigenvalue weighted by atomic mass is 35.5. The molecule has 3 heterocycles. The molecule has 10 nitrogen and oxygen atoms in total. The number of benzene rings is 2. The van der Waals surface area contributed by atoms with Crippen LogP contribution in [0.3, 0.4) is 0 Å². The fourth-order valence-electron chi connectivity index (χ4n) is 7.48. The molecule has 3 aliphatic rings. The number of carbonyl (C=O) groups excluding carboxylic acids is 1. The van der Waals surface area contributed by atoms with Gasteiger partial charge >= 0.3 is 5.97 Å². The highest BCUT2D eigenvalue weighted by Gasteiger charge is 2.34. The quantitative estimate of drug-likeness (QED) is 0.144. The first-order valence-electron chi connectivity index (χ1n) is 17.4. The van der Waals surface area contributed by atoms with Crippen LogP contribution in [0.1, 0.15) is 54.0 Å². The number of fused-ring (bicyclic) bond motifs is 1. The topological polar surface area (TPSA) is 123 Å². The highest BCUT2D eigenvalue weighted by Crippen LogP contribution is 2.45. The van der Waals surface area contributed by atoms with Gasteiger partial charge in [-0.2, -0.15) is 4.98 Å². The summed E-state index contributed by atoms with van der Waals surface area (Å²) < 4.78 is 33.1. The Hall–Kier alpha value is -4.29.